The Balaban J connectivity index is 2.27. The number of amides is 3. The third kappa shape index (κ3) is 2.71. The normalized spacial score (nSPS) is 14.5. The van der Waals surface area contributed by atoms with Crippen LogP contribution in [0.3, 0.4) is 0 Å². The van der Waals surface area contributed by atoms with Crippen molar-refractivity contribution < 1.29 is 14.4 Å². The molecule has 0 saturated heterocycles. The van der Waals surface area contributed by atoms with E-state index in [0.29, 0.717) is 22.1 Å². The number of carbonyl (C=O) groups excluding carboxylic acids is 3. The van der Waals surface area contributed by atoms with Gasteiger partial charge in [-0.25, -0.2) is 4.90 Å². The lowest BCUT2D eigenvalue weighted by atomic mass is 10.2. The standard InChI is InChI=1S/C17H13ClN2O3/c1-11(21)19-14-8-7-12(18)9-15(14)20(17(23)10-16(19)22)13-5-3-2-4-6-13/h2-9H,10H2,1H3. The van der Waals surface area contributed by atoms with Crippen LogP contribution in [0.5, 0.6) is 0 Å². The molecule has 0 spiro atoms. The first-order valence-electron chi connectivity index (χ1n) is 7.00. The summed E-state index contributed by atoms with van der Waals surface area (Å²) in [7, 11) is 0. The monoisotopic (exact) mass is 328 g/mol. The van der Waals surface area contributed by atoms with Crippen molar-refractivity contribution in [2.45, 2.75) is 13.3 Å². The van der Waals surface area contributed by atoms with Crippen molar-refractivity contribution in [3.63, 3.8) is 0 Å². The molecular weight excluding hydrogens is 316 g/mol. The number of anilines is 3. The van der Waals surface area contributed by atoms with Crippen LogP contribution >= 0.6 is 11.6 Å². The second-order valence-corrected chi connectivity index (χ2v) is 5.56. The van der Waals surface area contributed by atoms with E-state index in [0.717, 1.165) is 4.90 Å². The van der Waals surface area contributed by atoms with Crippen LogP contribution in [0.15, 0.2) is 48.5 Å². The van der Waals surface area contributed by atoms with Gasteiger partial charge in [-0.1, -0.05) is 29.8 Å². The number of fused-ring (bicyclic) bond motifs is 1. The molecule has 116 valence electrons. The minimum atomic E-state index is -0.551. The van der Waals surface area contributed by atoms with Gasteiger partial charge in [-0.2, -0.15) is 0 Å². The van der Waals surface area contributed by atoms with Crippen molar-refractivity contribution in [2.75, 3.05) is 9.80 Å². The third-order valence-corrected chi connectivity index (χ3v) is 3.78. The first-order valence-corrected chi connectivity index (χ1v) is 7.38. The van der Waals surface area contributed by atoms with Gasteiger partial charge in [-0.15, -0.1) is 0 Å². The van der Waals surface area contributed by atoms with E-state index in [9.17, 15) is 14.4 Å². The lowest BCUT2D eigenvalue weighted by Crippen LogP contribution is -2.35. The van der Waals surface area contributed by atoms with Crippen LogP contribution in [0.4, 0.5) is 17.1 Å². The molecule has 2 aromatic carbocycles. The molecule has 1 aliphatic heterocycles. The predicted molar refractivity (Wildman–Crippen MR) is 87.8 cm³/mol. The van der Waals surface area contributed by atoms with E-state index >= 15 is 0 Å². The summed E-state index contributed by atoms with van der Waals surface area (Å²) in [4.78, 5) is 39.2. The fraction of sp³-hybridized carbons (Fsp3) is 0.118. The minimum Gasteiger partial charge on any atom is -0.278 e. The first-order chi connectivity index (χ1) is 11.0. The molecule has 0 aromatic heterocycles. The molecule has 0 aliphatic carbocycles. The number of hydrogen-bond acceptors (Lipinski definition) is 3. The first kappa shape index (κ1) is 15.2. The molecule has 0 bridgehead atoms. The summed E-state index contributed by atoms with van der Waals surface area (Å²) in [5.74, 6) is -1.40. The highest BCUT2D eigenvalue weighted by atomic mass is 35.5. The number of halogens is 1. The fourth-order valence-corrected chi connectivity index (χ4v) is 2.79. The van der Waals surface area contributed by atoms with E-state index in [2.05, 4.69) is 0 Å². The quantitative estimate of drug-likeness (QED) is 0.755. The van der Waals surface area contributed by atoms with Gasteiger partial charge in [0.1, 0.15) is 6.42 Å². The molecule has 3 amide bonds. The molecule has 0 saturated carbocycles. The summed E-state index contributed by atoms with van der Waals surface area (Å²) < 4.78 is 0. The van der Waals surface area contributed by atoms with Crippen molar-refractivity contribution in [1.82, 2.24) is 0 Å². The van der Waals surface area contributed by atoms with Crippen molar-refractivity contribution >= 4 is 46.4 Å². The van der Waals surface area contributed by atoms with Crippen LogP contribution in [0.25, 0.3) is 0 Å². The smallest absolute Gasteiger partial charge is 0.243 e. The van der Waals surface area contributed by atoms with Gasteiger partial charge in [0.15, 0.2) is 0 Å². The molecule has 0 atom stereocenters. The Kier molecular flexibility index (Phi) is 3.88. The fourth-order valence-electron chi connectivity index (χ4n) is 2.63. The molecule has 0 radical (unpaired) electrons. The van der Waals surface area contributed by atoms with Crippen LogP contribution < -0.4 is 9.80 Å². The van der Waals surface area contributed by atoms with E-state index < -0.39 is 17.7 Å². The van der Waals surface area contributed by atoms with Crippen LogP contribution in [-0.2, 0) is 14.4 Å². The van der Waals surface area contributed by atoms with Crippen molar-refractivity contribution in [3.05, 3.63) is 53.6 Å². The average molecular weight is 329 g/mol. The molecule has 3 rings (SSSR count). The van der Waals surface area contributed by atoms with Gasteiger partial charge < -0.3 is 0 Å². The minimum absolute atomic E-state index is 0.349. The van der Waals surface area contributed by atoms with Crippen molar-refractivity contribution in [2.24, 2.45) is 0 Å². The van der Waals surface area contributed by atoms with Gasteiger partial charge in [0.2, 0.25) is 17.7 Å². The summed E-state index contributed by atoms with van der Waals surface area (Å²) >= 11 is 6.07. The number of para-hydroxylation sites is 1. The van der Waals surface area contributed by atoms with Gasteiger partial charge in [0.05, 0.1) is 11.4 Å². The molecule has 6 heteroatoms. The Labute approximate surface area is 138 Å². The Bertz CT molecular complexity index is 805. The van der Waals surface area contributed by atoms with Gasteiger partial charge in [-0.3, -0.25) is 19.3 Å². The third-order valence-electron chi connectivity index (χ3n) is 3.55. The molecule has 1 aliphatic rings. The maximum atomic E-state index is 12.6. The van der Waals surface area contributed by atoms with E-state index in [-0.39, 0.29) is 6.42 Å². The molecule has 0 N–H and O–H groups in total. The zero-order chi connectivity index (χ0) is 16.6. The Morgan fingerprint density at radius 1 is 1.00 bits per heavy atom. The van der Waals surface area contributed by atoms with Crippen LogP contribution in [0.1, 0.15) is 13.3 Å². The topological polar surface area (TPSA) is 57.7 Å². The van der Waals surface area contributed by atoms with Crippen LogP contribution in [0.2, 0.25) is 5.02 Å². The van der Waals surface area contributed by atoms with Crippen LogP contribution in [-0.4, -0.2) is 17.7 Å². The SMILES string of the molecule is CC(=O)N1C(=O)CC(=O)N(c2ccccc2)c2cc(Cl)ccc21. The maximum Gasteiger partial charge on any atom is 0.243 e. The van der Waals surface area contributed by atoms with E-state index in [1.165, 1.54) is 11.8 Å². The lowest BCUT2D eigenvalue weighted by Gasteiger charge is -2.24. The highest BCUT2D eigenvalue weighted by molar-refractivity contribution is 6.32. The van der Waals surface area contributed by atoms with Crippen LogP contribution in [0, 0.1) is 0 Å². The highest BCUT2D eigenvalue weighted by Gasteiger charge is 2.34. The Morgan fingerprint density at radius 2 is 1.70 bits per heavy atom. The number of nitrogens with zero attached hydrogens (tertiary/aromatic N) is 2. The number of imide groups is 1. The molecular formula is C17H13ClN2O3. The highest BCUT2D eigenvalue weighted by Crippen LogP contribution is 2.39. The second-order valence-electron chi connectivity index (χ2n) is 5.12. The largest absolute Gasteiger partial charge is 0.278 e. The van der Waals surface area contributed by atoms with E-state index in [1.807, 2.05) is 6.07 Å². The molecule has 0 fully saturated rings. The number of benzene rings is 2. The van der Waals surface area contributed by atoms with Gasteiger partial charge in [0, 0.05) is 17.6 Å². The number of rotatable bonds is 1. The van der Waals surface area contributed by atoms with E-state index in [4.69, 9.17) is 11.6 Å². The van der Waals surface area contributed by atoms with E-state index in [1.54, 1.807) is 42.5 Å². The molecule has 1 heterocycles. The zero-order valence-corrected chi connectivity index (χ0v) is 13.1. The predicted octanol–water partition coefficient (Wildman–Crippen LogP) is 3.29. The van der Waals surface area contributed by atoms with Gasteiger partial charge in [0.25, 0.3) is 0 Å². The summed E-state index contributed by atoms with van der Waals surface area (Å²) in [5, 5.41) is 0.412. The molecule has 5 nitrogen and oxygen atoms in total. The summed E-state index contributed by atoms with van der Waals surface area (Å²) in [6, 6.07) is 13.7. The molecule has 23 heavy (non-hydrogen) atoms. The number of carbonyl (C=O) groups is 3. The average Bonchev–Trinajstić information content (AvgIpc) is 2.60. The molecule has 2 aromatic rings. The summed E-state index contributed by atoms with van der Waals surface area (Å²) in [5.41, 5.74) is 1.37. The lowest BCUT2D eigenvalue weighted by molar-refractivity contribution is -0.128. The van der Waals surface area contributed by atoms with Crippen molar-refractivity contribution in [3.8, 4) is 0 Å². The zero-order valence-electron chi connectivity index (χ0n) is 12.3. The summed E-state index contributed by atoms with van der Waals surface area (Å²) in [6.07, 6.45) is -0.388. The Morgan fingerprint density at radius 3 is 2.35 bits per heavy atom. The number of hydrogen-bond donors (Lipinski definition) is 0. The van der Waals surface area contributed by atoms with Gasteiger partial charge in [-0.05, 0) is 30.3 Å². The summed E-state index contributed by atoms with van der Waals surface area (Å²) in [6.45, 7) is 1.29. The van der Waals surface area contributed by atoms with Gasteiger partial charge >= 0.3 is 0 Å². The molecule has 0 unspecified atom stereocenters. The van der Waals surface area contributed by atoms with Crippen molar-refractivity contribution in [1.29, 1.82) is 0 Å². The second kappa shape index (κ2) is 5.85. The Hall–Kier alpha value is -2.66. The maximum absolute atomic E-state index is 12.6.